The predicted octanol–water partition coefficient (Wildman–Crippen LogP) is 1.20. The summed E-state index contributed by atoms with van der Waals surface area (Å²) < 4.78 is 4.55. The van der Waals surface area contributed by atoms with Crippen LogP contribution >= 0.6 is 0 Å². The van der Waals surface area contributed by atoms with Crippen molar-refractivity contribution in [2.24, 2.45) is 10.7 Å². The van der Waals surface area contributed by atoms with E-state index in [9.17, 15) is 4.79 Å². The van der Waals surface area contributed by atoms with Crippen LogP contribution in [0, 0.1) is 0 Å². The lowest BCUT2D eigenvalue weighted by Crippen LogP contribution is -2.32. The second-order valence-corrected chi connectivity index (χ2v) is 3.97. The first-order valence-corrected chi connectivity index (χ1v) is 5.81. The normalized spacial score (nSPS) is 11.1. The smallest absolute Gasteiger partial charge is 0.305 e. The van der Waals surface area contributed by atoms with Gasteiger partial charge in [-0.25, -0.2) is 4.99 Å². The van der Waals surface area contributed by atoms with Gasteiger partial charge in [-0.3, -0.25) is 4.79 Å². The number of nitrogens with zero attached hydrogens (tertiary/aromatic N) is 1. The predicted molar refractivity (Wildman–Crippen MR) is 69.8 cm³/mol. The van der Waals surface area contributed by atoms with Crippen molar-refractivity contribution in [2.75, 3.05) is 20.2 Å². The summed E-state index contributed by atoms with van der Waals surface area (Å²) in [6.45, 7) is 6.97. The first-order valence-electron chi connectivity index (χ1n) is 5.81. The molecule has 0 aromatic heterocycles. The van der Waals surface area contributed by atoms with E-state index < -0.39 is 0 Å². The Bertz CT molecular complexity index is 275. The highest BCUT2D eigenvalue weighted by Crippen LogP contribution is 1.99. The molecule has 0 atom stereocenters. The number of methoxy groups -OCH3 is 1. The molecule has 0 rings (SSSR count). The lowest BCUT2D eigenvalue weighted by atomic mass is 10.2. The van der Waals surface area contributed by atoms with E-state index in [0.29, 0.717) is 18.9 Å². The maximum absolute atomic E-state index is 10.8. The number of esters is 1. The Morgan fingerprint density at radius 3 is 2.71 bits per heavy atom. The number of hydrogen-bond donors (Lipinski definition) is 2. The summed E-state index contributed by atoms with van der Waals surface area (Å²) in [5, 5.41) is 3.01. The molecule has 5 heteroatoms. The standard InChI is InChI=1S/C12H23N3O2/c1-10(2)9-15-12(13)14-8-6-4-5-7-11(16)17-3/h1,4-9H2,2-3H3,(H3,13,14,15). The Balaban J connectivity index is 3.42. The van der Waals surface area contributed by atoms with E-state index >= 15 is 0 Å². The van der Waals surface area contributed by atoms with Crippen molar-refractivity contribution < 1.29 is 9.53 Å². The van der Waals surface area contributed by atoms with Gasteiger partial charge in [-0.15, -0.1) is 0 Å². The van der Waals surface area contributed by atoms with Crippen LogP contribution in [0.15, 0.2) is 17.1 Å². The van der Waals surface area contributed by atoms with Gasteiger partial charge in [0.25, 0.3) is 0 Å². The lowest BCUT2D eigenvalue weighted by molar-refractivity contribution is -0.140. The molecule has 0 aliphatic heterocycles. The van der Waals surface area contributed by atoms with Crippen LogP contribution in [-0.2, 0) is 9.53 Å². The Morgan fingerprint density at radius 1 is 1.41 bits per heavy atom. The van der Waals surface area contributed by atoms with Crippen molar-refractivity contribution in [3.63, 3.8) is 0 Å². The maximum atomic E-state index is 10.8. The number of nitrogens with one attached hydrogen (secondary N) is 1. The number of ether oxygens (including phenoxy) is 1. The summed E-state index contributed by atoms with van der Waals surface area (Å²) in [4.78, 5) is 14.9. The SMILES string of the molecule is C=C(C)CN=C(N)NCCCCCC(=O)OC. The third-order valence-corrected chi connectivity index (χ3v) is 2.11. The zero-order valence-corrected chi connectivity index (χ0v) is 10.8. The van der Waals surface area contributed by atoms with Crippen molar-refractivity contribution in [3.05, 3.63) is 12.2 Å². The molecule has 5 nitrogen and oxygen atoms in total. The molecule has 0 amide bonds. The molecule has 0 aromatic carbocycles. The van der Waals surface area contributed by atoms with Gasteiger partial charge in [0.2, 0.25) is 0 Å². The number of guanidine groups is 1. The van der Waals surface area contributed by atoms with Crippen LogP contribution in [0.1, 0.15) is 32.6 Å². The number of carbonyl (C=O) groups excluding carboxylic acids is 1. The van der Waals surface area contributed by atoms with E-state index in [1.54, 1.807) is 0 Å². The minimum Gasteiger partial charge on any atom is -0.469 e. The van der Waals surface area contributed by atoms with Crippen molar-refractivity contribution >= 4 is 11.9 Å². The van der Waals surface area contributed by atoms with Crippen molar-refractivity contribution in [3.8, 4) is 0 Å². The van der Waals surface area contributed by atoms with E-state index in [4.69, 9.17) is 5.73 Å². The largest absolute Gasteiger partial charge is 0.469 e. The van der Waals surface area contributed by atoms with Gasteiger partial charge in [0.1, 0.15) is 0 Å². The Morgan fingerprint density at radius 2 is 2.12 bits per heavy atom. The number of unbranched alkanes of at least 4 members (excludes halogenated alkanes) is 2. The zero-order chi connectivity index (χ0) is 13.1. The average molecular weight is 241 g/mol. The van der Waals surface area contributed by atoms with Crippen LogP contribution in [0.4, 0.5) is 0 Å². The summed E-state index contributed by atoms with van der Waals surface area (Å²) in [6.07, 6.45) is 3.25. The van der Waals surface area contributed by atoms with E-state index in [-0.39, 0.29) is 5.97 Å². The molecule has 98 valence electrons. The summed E-state index contributed by atoms with van der Waals surface area (Å²) >= 11 is 0. The quantitative estimate of drug-likeness (QED) is 0.220. The van der Waals surface area contributed by atoms with Gasteiger partial charge in [-0.1, -0.05) is 18.6 Å². The molecule has 0 aromatic rings. The van der Waals surface area contributed by atoms with Crippen LogP contribution in [-0.4, -0.2) is 32.1 Å². The summed E-state index contributed by atoms with van der Waals surface area (Å²) in [5.74, 6) is 0.293. The van der Waals surface area contributed by atoms with Gasteiger partial charge in [-0.2, -0.15) is 0 Å². The van der Waals surface area contributed by atoms with Crippen molar-refractivity contribution in [2.45, 2.75) is 32.6 Å². The van der Waals surface area contributed by atoms with E-state index in [1.165, 1.54) is 7.11 Å². The fraction of sp³-hybridized carbons (Fsp3) is 0.667. The number of hydrogen-bond acceptors (Lipinski definition) is 3. The van der Waals surface area contributed by atoms with Gasteiger partial charge >= 0.3 is 5.97 Å². The summed E-state index contributed by atoms with van der Waals surface area (Å²) in [6, 6.07) is 0. The molecule has 0 unspecified atom stereocenters. The molecule has 0 saturated carbocycles. The Hall–Kier alpha value is -1.52. The van der Waals surface area contributed by atoms with Crippen LogP contribution in [0.2, 0.25) is 0 Å². The fourth-order valence-corrected chi connectivity index (χ4v) is 1.17. The number of carbonyl (C=O) groups is 1. The molecule has 0 aliphatic carbocycles. The summed E-state index contributed by atoms with van der Waals surface area (Å²) in [5.41, 5.74) is 6.61. The molecule has 0 bridgehead atoms. The molecule has 0 fully saturated rings. The third kappa shape index (κ3) is 10.8. The van der Waals surface area contributed by atoms with Crippen LogP contribution in [0.3, 0.4) is 0 Å². The lowest BCUT2D eigenvalue weighted by Gasteiger charge is -2.05. The van der Waals surface area contributed by atoms with Gasteiger partial charge in [0.15, 0.2) is 5.96 Å². The maximum Gasteiger partial charge on any atom is 0.305 e. The van der Waals surface area contributed by atoms with Crippen LogP contribution in [0.5, 0.6) is 0 Å². The monoisotopic (exact) mass is 241 g/mol. The topological polar surface area (TPSA) is 76.7 Å². The summed E-state index contributed by atoms with van der Waals surface area (Å²) in [7, 11) is 1.41. The molecule has 17 heavy (non-hydrogen) atoms. The second kappa shape index (κ2) is 9.69. The van der Waals surface area contributed by atoms with E-state index in [2.05, 4.69) is 21.6 Å². The van der Waals surface area contributed by atoms with Crippen molar-refractivity contribution in [1.29, 1.82) is 0 Å². The molecule has 0 aliphatic rings. The highest BCUT2D eigenvalue weighted by molar-refractivity contribution is 5.77. The Labute approximate surface area is 103 Å². The first-order chi connectivity index (χ1) is 8.06. The zero-order valence-electron chi connectivity index (χ0n) is 10.8. The number of aliphatic imine (C=N–C) groups is 1. The molecule has 3 N–H and O–H groups in total. The highest BCUT2D eigenvalue weighted by Gasteiger charge is 1.99. The molecular weight excluding hydrogens is 218 g/mol. The van der Waals surface area contributed by atoms with Gasteiger partial charge in [0.05, 0.1) is 13.7 Å². The highest BCUT2D eigenvalue weighted by atomic mass is 16.5. The van der Waals surface area contributed by atoms with Crippen LogP contribution in [0.25, 0.3) is 0 Å². The minimum atomic E-state index is -0.152. The number of rotatable bonds is 8. The number of nitrogens with two attached hydrogens (primary N) is 1. The van der Waals surface area contributed by atoms with E-state index in [1.807, 2.05) is 6.92 Å². The molecule has 0 radical (unpaired) electrons. The third-order valence-electron chi connectivity index (χ3n) is 2.11. The molecular formula is C12H23N3O2. The van der Waals surface area contributed by atoms with Crippen molar-refractivity contribution in [1.82, 2.24) is 5.32 Å². The van der Waals surface area contributed by atoms with Gasteiger partial charge in [0, 0.05) is 13.0 Å². The van der Waals surface area contributed by atoms with Gasteiger partial charge < -0.3 is 15.8 Å². The Kier molecular flexibility index (Phi) is 8.82. The molecule has 0 saturated heterocycles. The van der Waals surface area contributed by atoms with E-state index in [0.717, 1.165) is 31.4 Å². The fourth-order valence-electron chi connectivity index (χ4n) is 1.17. The second-order valence-electron chi connectivity index (χ2n) is 3.97. The first kappa shape index (κ1) is 15.5. The van der Waals surface area contributed by atoms with Gasteiger partial charge in [-0.05, 0) is 19.8 Å². The van der Waals surface area contributed by atoms with Crippen LogP contribution < -0.4 is 11.1 Å². The minimum absolute atomic E-state index is 0.152. The molecule has 0 heterocycles. The average Bonchev–Trinajstić information content (AvgIpc) is 2.30. The molecule has 0 spiro atoms.